The summed E-state index contributed by atoms with van der Waals surface area (Å²) in [7, 11) is 1.96. The van der Waals surface area contributed by atoms with Gasteiger partial charge >= 0.3 is 0 Å². The van der Waals surface area contributed by atoms with Gasteiger partial charge in [0.05, 0.1) is 24.1 Å². The van der Waals surface area contributed by atoms with Gasteiger partial charge in [0.25, 0.3) is 0 Å². The Balaban J connectivity index is 1.85. The number of pyridine rings is 1. The number of aryl methyl sites for hydroxylation is 1. The lowest BCUT2D eigenvalue weighted by Crippen LogP contribution is -2.15. The van der Waals surface area contributed by atoms with Gasteiger partial charge in [0.15, 0.2) is 0 Å². The molecule has 0 spiro atoms. The van der Waals surface area contributed by atoms with Crippen molar-refractivity contribution in [2.24, 2.45) is 7.05 Å². The summed E-state index contributed by atoms with van der Waals surface area (Å²) in [6, 6.07) is 8.01. The third-order valence-electron chi connectivity index (χ3n) is 4.05. The summed E-state index contributed by atoms with van der Waals surface area (Å²) in [6.07, 6.45) is 4.28. The van der Waals surface area contributed by atoms with Crippen LogP contribution in [0.2, 0.25) is 0 Å². The first-order valence-corrected chi connectivity index (χ1v) is 8.35. The van der Waals surface area contributed by atoms with E-state index in [1.807, 2.05) is 36.7 Å². The Morgan fingerprint density at radius 2 is 2.21 bits per heavy atom. The van der Waals surface area contributed by atoms with E-state index in [-0.39, 0.29) is 6.04 Å². The van der Waals surface area contributed by atoms with Gasteiger partial charge in [0.2, 0.25) is 6.41 Å². The molecule has 0 aliphatic carbocycles. The Hall–Kier alpha value is -2.80. The Kier molecular flexibility index (Phi) is 3.50. The van der Waals surface area contributed by atoms with Gasteiger partial charge in [-0.05, 0) is 18.6 Å². The van der Waals surface area contributed by atoms with E-state index in [0.717, 1.165) is 43.9 Å². The summed E-state index contributed by atoms with van der Waals surface area (Å²) in [5.41, 5.74) is 4.77. The maximum absolute atomic E-state index is 10.7. The van der Waals surface area contributed by atoms with Gasteiger partial charge in [-0.2, -0.15) is 0 Å². The minimum absolute atomic E-state index is 0.0428. The average molecular weight is 337 g/mol. The molecule has 0 fully saturated rings. The van der Waals surface area contributed by atoms with Crippen LogP contribution in [0.1, 0.15) is 18.5 Å². The molecule has 0 aliphatic heterocycles. The zero-order chi connectivity index (χ0) is 16.7. The highest BCUT2D eigenvalue weighted by Crippen LogP contribution is 2.33. The van der Waals surface area contributed by atoms with Crippen molar-refractivity contribution in [3.05, 3.63) is 42.4 Å². The third-order valence-corrected chi connectivity index (χ3v) is 5.07. The predicted molar refractivity (Wildman–Crippen MR) is 94.7 cm³/mol. The van der Waals surface area contributed by atoms with Crippen molar-refractivity contribution in [1.29, 1.82) is 0 Å². The van der Waals surface area contributed by atoms with Gasteiger partial charge in [0, 0.05) is 12.6 Å². The molecule has 4 rings (SSSR count). The number of imidazole rings is 1. The highest BCUT2D eigenvalue weighted by atomic mass is 32.1. The van der Waals surface area contributed by atoms with E-state index in [9.17, 15) is 4.79 Å². The van der Waals surface area contributed by atoms with Crippen LogP contribution in [0.4, 0.5) is 0 Å². The molecule has 0 aliphatic rings. The number of aromatic nitrogens is 4. The van der Waals surface area contributed by atoms with Crippen molar-refractivity contribution in [3.63, 3.8) is 0 Å². The quantitative estimate of drug-likeness (QED) is 0.581. The van der Waals surface area contributed by atoms with Crippen LogP contribution in [-0.4, -0.2) is 25.9 Å². The molecule has 1 N–H and O–H groups in total. The number of rotatable bonds is 4. The molecule has 6 nitrogen and oxygen atoms in total. The summed E-state index contributed by atoms with van der Waals surface area (Å²) >= 11 is 1.56. The fraction of sp³-hybridized carbons (Fsp3) is 0.176. The van der Waals surface area contributed by atoms with E-state index >= 15 is 0 Å². The molecule has 0 saturated heterocycles. The van der Waals surface area contributed by atoms with Crippen molar-refractivity contribution in [3.8, 4) is 10.6 Å². The summed E-state index contributed by atoms with van der Waals surface area (Å²) in [5, 5.41) is 3.68. The smallest absolute Gasteiger partial charge is 0.207 e. The summed E-state index contributed by atoms with van der Waals surface area (Å²) < 4.78 is 1.97. The van der Waals surface area contributed by atoms with Gasteiger partial charge in [-0.3, -0.25) is 4.79 Å². The first-order valence-electron chi connectivity index (χ1n) is 7.54. The fourth-order valence-electron chi connectivity index (χ4n) is 2.77. The number of thiazole rings is 1. The van der Waals surface area contributed by atoms with Crippen molar-refractivity contribution in [1.82, 2.24) is 24.8 Å². The summed E-state index contributed by atoms with van der Waals surface area (Å²) in [6.45, 7) is 1.95. The predicted octanol–water partition coefficient (Wildman–Crippen LogP) is 3.05. The van der Waals surface area contributed by atoms with Crippen molar-refractivity contribution in [2.45, 2.75) is 13.0 Å². The summed E-state index contributed by atoms with van der Waals surface area (Å²) in [5.74, 6) is 0. The maximum Gasteiger partial charge on any atom is 0.207 e. The van der Waals surface area contributed by atoms with Gasteiger partial charge < -0.3 is 9.88 Å². The SMILES string of the molecule is C[C@H](NC=O)c1cccc(-c2nc3c(ncc4ncn(C)c43)s2)c1. The van der Waals surface area contributed by atoms with Gasteiger partial charge in [-0.25, -0.2) is 15.0 Å². The molecule has 120 valence electrons. The van der Waals surface area contributed by atoms with Crippen LogP contribution in [0.5, 0.6) is 0 Å². The number of carbonyl (C=O) groups excluding carboxylic acids is 1. The molecular weight excluding hydrogens is 322 g/mol. The molecule has 7 heteroatoms. The minimum atomic E-state index is -0.0428. The second-order valence-electron chi connectivity index (χ2n) is 5.65. The normalized spacial score (nSPS) is 12.6. The number of fused-ring (bicyclic) bond motifs is 3. The standard InChI is InChI=1S/C17H15N5OS/c1-10(20-9-23)11-4-3-5-12(6-11)16-21-14-15-13(19-8-22(15)2)7-18-17(14)24-16/h3-10H,1-2H3,(H,20,23)/t10-/m0/s1. The number of nitrogens with zero attached hydrogens (tertiary/aromatic N) is 4. The van der Waals surface area contributed by atoms with E-state index in [1.54, 1.807) is 23.9 Å². The first kappa shape index (κ1) is 14.8. The van der Waals surface area contributed by atoms with Crippen LogP contribution in [0, 0.1) is 0 Å². The molecule has 0 saturated carbocycles. The zero-order valence-corrected chi connectivity index (χ0v) is 14.0. The van der Waals surface area contributed by atoms with E-state index in [2.05, 4.69) is 21.4 Å². The molecule has 3 heterocycles. The van der Waals surface area contributed by atoms with Crippen molar-refractivity contribution >= 4 is 39.1 Å². The highest BCUT2D eigenvalue weighted by molar-refractivity contribution is 7.21. The number of hydrogen-bond donors (Lipinski definition) is 1. The first-order chi connectivity index (χ1) is 11.7. The van der Waals surface area contributed by atoms with Crippen molar-refractivity contribution in [2.75, 3.05) is 0 Å². The molecular formula is C17H15N5OS. The van der Waals surface area contributed by atoms with Crippen LogP contribution in [0.15, 0.2) is 36.8 Å². The molecule has 4 aromatic rings. The summed E-state index contributed by atoms with van der Waals surface area (Å²) in [4.78, 5) is 25.2. The molecule has 3 aromatic heterocycles. The topological polar surface area (TPSA) is 72.7 Å². The van der Waals surface area contributed by atoms with E-state index in [4.69, 9.17) is 4.98 Å². The zero-order valence-electron chi connectivity index (χ0n) is 13.2. The Morgan fingerprint density at radius 1 is 1.33 bits per heavy atom. The molecule has 0 radical (unpaired) electrons. The number of carbonyl (C=O) groups is 1. The Labute approximate surface area is 142 Å². The highest BCUT2D eigenvalue weighted by Gasteiger charge is 2.14. The minimum Gasteiger partial charge on any atom is -0.352 e. The van der Waals surface area contributed by atoms with E-state index in [0.29, 0.717) is 0 Å². The largest absolute Gasteiger partial charge is 0.352 e. The fourth-order valence-corrected chi connectivity index (χ4v) is 3.68. The molecule has 1 aromatic carbocycles. The molecule has 0 bridgehead atoms. The maximum atomic E-state index is 10.7. The number of benzene rings is 1. The van der Waals surface area contributed by atoms with Crippen LogP contribution < -0.4 is 5.32 Å². The second kappa shape index (κ2) is 5.68. The lowest BCUT2D eigenvalue weighted by atomic mass is 10.1. The molecule has 24 heavy (non-hydrogen) atoms. The molecule has 1 amide bonds. The lowest BCUT2D eigenvalue weighted by molar-refractivity contribution is -0.110. The molecule has 1 atom stereocenters. The van der Waals surface area contributed by atoms with Crippen LogP contribution in [0.3, 0.4) is 0 Å². The van der Waals surface area contributed by atoms with Crippen LogP contribution >= 0.6 is 11.3 Å². The second-order valence-corrected chi connectivity index (χ2v) is 6.63. The lowest BCUT2D eigenvalue weighted by Gasteiger charge is -2.11. The Morgan fingerprint density at radius 3 is 3.04 bits per heavy atom. The Bertz CT molecular complexity index is 1050. The van der Waals surface area contributed by atoms with Gasteiger partial charge in [0.1, 0.15) is 20.9 Å². The van der Waals surface area contributed by atoms with Crippen LogP contribution in [0.25, 0.3) is 32.0 Å². The molecule has 0 unspecified atom stereocenters. The van der Waals surface area contributed by atoms with E-state index < -0.39 is 0 Å². The van der Waals surface area contributed by atoms with Gasteiger partial charge in [-0.15, -0.1) is 0 Å². The van der Waals surface area contributed by atoms with Crippen LogP contribution in [-0.2, 0) is 11.8 Å². The van der Waals surface area contributed by atoms with Crippen molar-refractivity contribution < 1.29 is 4.79 Å². The third kappa shape index (κ3) is 2.33. The average Bonchev–Trinajstić information content (AvgIpc) is 3.18. The van der Waals surface area contributed by atoms with Gasteiger partial charge in [-0.1, -0.05) is 29.5 Å². The number of amides is 1. The number of nitrogens with one attached hydrogen (secondary N) is 1. The number of hydrogen-bond acceptors (Lipinski definition) is 5. The monoisotopic (exact) mass is 337 g/mol. The van der Waals surface area contributed by atoms with E-state index in [1.165, 1.54) is 0 Å².